The molecule has 31 heavy (non-hydrogen) atoms. The van der Waals surface area contributed by atoms with E-state index in [0.717, 1.165) is 16.6 Å². The third-order valence-electron chi connectivity index (χ3n) is 5.23. The minimum absolute atomic E-state index is 0.183. The largest absolute Gasteiger partial charge is 0.444 e. The fourth-order valence-electron chi connectivity index (χ4n) is 3.93. The molecule has 0 bridgehead atoms. The second-order valence-corrected chi connectivity index (χ2v) is 9.13. The summed E-state index contributed by atoms with van der Waals surface area (Å²) >= 11 is 6.53. The zero-order valence-electron chi connectivity index (χ0n) is 18.2. The number of carbonyl (C=O) groups excluding carboxylic acids is 2. The Bertz CT molecular complexity index is 1220. The summed E-state index contributed by atoms with van der Waals surface area (Å²) in [4.78, 5) is 26.5. The lowest BCUT2D eigenvalue weighted by Gasteiger charge is -2.30. The molecule has 0 unspecified atom stereocenters. The minimum atomic E-state index is -0.611. The monoisotopic (exact) mass is 444 g/mol. The van der Waals surface area contributed by atoms with Crippen molar-refractivity contribution < 1.29 is 14.3 Å². The zero-order valence-corrected chi connectivity index (χ0v) is 18.9. The van der Waals surface area contributed by atoms with E-state index in [1.807, 2.05) is 40.8 Å². The van der Waals surface area contributed by atoms with Crippen molar-refractivity contribution in [3.63, 3.8) is 0 Å². The Hall–Kier alpha value is -3.07. The number of aryl methyl sites for hydroxylation is 2. The second kappa shape index (κ2) is 7.26. The van der Waals surface area contributed by atoms with E-state index in [9.17, 15) is 9.59 Å². The van der Waals surface area contributed by atoms with Crippen molar-refractivity contribution in [3.8, 4) is 11.3 Å². The topological polar surface area (TPSA) is 108 Å². The van der Waals surface area contributed by atoms with E-state index in [1.54, 1.807) is 20.3 Å². The number of nitrogens with zero attached hydrogens (tertiary/aromatic N) is 5. The van der Waals surface area contributed by atoms with Crippen LogP contribution in [0.5, 0.6) is 0 Å². The van der Waals surface area contributed by atoms with Gasteiger partial charge in [0.25, 0.3) is 5.91 Å². The highest BCUT2D eigenvalue weighted by Gasteiger charge is 2.32. The maximum Gasteiger partial charge on any atom is 0.410 e. The van der Waals surface area contributed by atoms with E-state index in [0.29, 0.717) is 35.1 Å². The Labute approximate surface area is 184 Å². The van der Waals surface area contributed by atoms with Crippen LogP contribution < -0.4 is 5.73 Å². The molecule has 0 spiro atoms. The van der Waals surface area contributed by atoms with Gasteiger partial charge in [0, 0.05) is 24.5 Å². The fraction of sp³-hybridized carbons (Fsp3) is 0.429. The van der Waals surface area contributed by atoms with Gasteiger partial charge in [-0.1, -0.05) is 11.6 Å². The molecular formula is C21H25ClN6O3. The van der Waals surface area contributed by atoms with Crippen molar-refractivity contribution in [2.75, 3.05) is 6.54 Å². The number of benzene rings is 1. The third-order valence-corrected chi connectivity index (χ3v) is 5.52. The van der Waals surface area contributed by atoms with Gasteiger partial charge in [-0.3, -0.25) is 14.2 Å². The summed E-state index contributed by atoms with van der Waals surface area (Å²) in [5.41, 5.74) is 8.76. The number of fused-ring (bicyclic) bond motifs is 2. The molecule has 0 aliphatic carbocycles. The number of hydrogen-bond acceptors (Lipinski definition) is 5. The predicted molar refractivity (Wildman–Crippen MR) is 117 cm³/mol. The molecule has 164 valence electrons. The standard InChI is InChI=1S/C21H25ClN6O3/c1-11-13-8-12(9-14(22)18(13)26(5)24-11)17-16(19(23)29)15-10-27(6-7-28(15)25-17)20(30)31-21(2,3)4/h8-9H,6-7,10H2,1-5H3,(H2,23,29). The lowest BCUT2D eigenvalue weighted by Crippen LogP contribution is -2.42. The van der Waals surface area contributed by atoms with Gasteiger partial charge in [0.15, 0.2) is 0 Å². The number of rotatable bonds is 2. The summed E-state index contributed by atoms with van der Waals surface area (Å²) < 4.78 is 8.93. The normalized spacial score (nSPS) is 14.1. The average Bonchev–Trinajstić information content (AvgIpc) is 3.17. The summed E-state index contributed by atoms with van der Waals surface area (Å²) in [6.45, 7) is 8.36. The van der Waals surface area contributed by atoms with Gasteiger partial charge in [0.2, 0.25) is 0 Å². The molecule has 1 aromatic carbocycles. The molecule has 3 heterocycles. The first kappa shape index (κ1) is 21.2. The quantitative estimate of drug-likeness (QED) is 0.652. The molecule has 4 rings (SSSR count). The van der Waals surface area contributed by atoms with Crippen LogP contribution in [0.1, 0.15) is 42.5 Å². The summed E-state index contributed by atoms with van der Waals surface area (Å²) in [6.07, 6.45) is -0.438. The molecule has 1 aliphatic heterocycles. The molecule has 2 aromatic heterocycles. The molecule has 0 fully saturated rings. The number of primary amides is 1. The molecule has 0 saturated heterocycles. The Morgan fingerprint density at radius 2 is 1.90 bits per heavy atom. The van der Waals surface area contributed by atoms with Crippen molar-refractivity contribution in [1.82, 2.24) is 24.5 Å². The first-order chi connectivity index (χ1) is 14.5. The molecule has 0 atom stereocenters. The van der Waals surface area contributed by atoms with Crippen molar-refractivity contribution in [3.05, 3.63) is 34.1 Å². The van der Waals surface area contributed by atoms with E-state index in [-0.39, 0.29) is 12.1 Å². The molecule has 2 N–H and O–H groups in total. The molecule has 2 amide bonds. The fourth-order valence-corrected chi connectivity index (χ4v) is 4.27. The highest BCUT2D eigenvalue weighted by atomic mass is 35.5. The number of amides is 2. The first-order valence-electron chi connectivity index (χ1n) is 9.97. The van der Waals surface area contributed by atoms with Gasteiger partial charge >= 0.3 is 6.09 Å². The zero-order chi connectivity index (χ0) is 22.7. The Kier molecular flexibility index (Phi) is 4.96. The number of nitrogens with two attached hydrogens (primary N) is 1. The van der Waals surface area contributed by atoms with Crippen LogP contribution in [-0.2, 0) is 24.9 Å². The van der Waals surface area contributed by atoms with Crippen LogP contribution in [0.3, 0.4) is 0 Å². The van der Waals surface area contributed by atoms with Crippen LogP contribution in [0, 0.1) is 6.92 Å². The van der Waals surface area contributed by atoms with E-state index in [2.05, 4.69) is 10.2 Å². The molecule has 1 aliphatic rings. The number of ether oxygens (including phenoxy) is 1. The Morgan fingerprint density at radius 1 is 1.19 bits per heavy atom. The van der Waals surface area contributed by atoms with Crippen molar-refractivity contribution in [2.45, 2.75) is 46.4 Å². The first-order valence-corrected chi connectivity index (χ1v) is 10.3. The second-order valence-electron chi connectivity index (χ2n) is 8.72. The number of hydrogen-bond donors (Lipinski definition) is 1. The highest BCUT2D eigenvalue weighted by Crippen LogP contribution is 2.35. The van der Waals surface area contributed by atoms with Crippen LogP contribution in [0.2, 0.25) is 5.02 Å². The van der Waals surface area contributed by atoms with Gasteiger partial charge in [-0.15, -0.1) is 0 Å². The summed E-state index contributed by atoms with van der Waals surface area (Å²) in [7, 11) is 1.83. The summed E-state index contributed by atoms with van der Waals surface area (Å²) in [5, 5.41) is 10.5. The SMILES string of the molecule is Cc1nn(C)c2c(Cl)cc(-c3nn4c(c3C(N)=O)CN(C(=O)OC(C)(C)C)CC4)cc12. The van der Waals surface area contributed by atoms with Crippen molar-refractivity contribution >= 4 is 34.5 Å². The van der Waals surface area contributed by atoms with Crippen LogP contribution in [0.4, 0.5) is 4.79 Å². The van der Waals surface area contributed by atoms with Crippen LogP contribution in [0.25, 0.3) is 22.2 Å². The van der Waals surface area contributed by atoms with E-state index >= 15 is 0 Å². The molecular weight excluding hydrogens is 420 g/mol. The van der Waals surface area contributed by atoms with Gasteiger partial charge < -0.3 is 15.4 Å². The highest BCUT2D eigenvalue weighted by molar-refractivity contribution is 6.35. The van der Waals surface area contributed by atoms with Gasteiger partial charge in [-0.05, 0) is 39.8 Å². The lowest BCUT2D eigenvalue weighted by atomic mass is 10.0. The molecule has 3 aromatic rings. The maximum absolute atomic E-state index is 12.5. The van der Waals surface area contributed by atoms with Crippen LogP contribution in [-0.4, -0.2) is 48.6 Å². The van der Waals surface area contributed by atoms with Gasteiger partial charge in [0.05, 0.1) is 40.6 Å². The number of halogens is 1. The Balaban J connectivity index is 1.79. The average molecular weight is 445 g/mol. The smallest absolute Gasteiger partial charge is 0.410 e. The van der Waals surface area contributed by atoms with E-state index in [4.69, 9.17) is 22.1 Å². The molecule has 10 heteroatoms. The Morgan fingerprint density at radius 3 is 2.55 bits per heavy atom. The van der Waals surface area contributed by atoms with Gasteiger partial charge in [-0.25, -0.2) is 4.79 Å². The lowest BCUT2D eigenvalue weighted by molar-refractivity contribution is 0.0193. The molecule has 9 nitrogen and oxygen atoms in total. The third kappa shape index (κ3) is 3.74. The van der Waals surface area contributed by atoms with Crippen molar-refractivity contribution in [2.24, 2.45) is 12.8 Å². The minimum Gasteiger partial charge on any atom is -0.444 e. The van der Waals surface area contributed by atoms with Crippen molar-refractivity contribution in [1.29, 1.82) is 0 Å². The van der Waals surface area contributed by atoms with Gasteiger partial charge in [-0.2, -0.15) is 10.2 Å². The number of aromatic nitrogens is 4. The van der Waals surface area contributed by atoms with E-state index < -0.39 is 17.6 Å². The van der Waals surface area contributed by atoms with Crippen LogP contribution in [0.15, 0.2) is 12.1 Å². The van der Waals surface area contributed by atoms with Gasteiger partial charge in [0.1, 0.15) is 11.3 Å². The van der Waals surface area contributed by atoms with Crippen LogP contribution >= 0.6 is 11.6 Å². The molecule has 0 saturated carbocycles. The maximum atomic E-state index is 12.5. The summed E-state index contributed by atoms with van der Waals surface area (Å²) in [5.74, 6) is -0.610. The molecule has 0 radical (unpaired) electrons. The van der Waals surface area contributed by atoms with E-state index in [1.165, 1.54) is 0 Å². The summed E-state index contributed by atoms with van der Waals surface area (Å²) in [6, 6.07) is 3.67. The number of carbonyl (C=O) groups is 2. The predicted octanol–water partition coefficient (Wildman–Crippen LogP) is 3.25.